The summed E-state index contributed by atoms with van der Waals surface area (Å²) < 4.78 is 39.5. The molecule has 0 aliphatic carbocycles. The minimum absolute atomic E-state index is 0.0616. The number of nitrogens with zero attached hydrogens (tertiary/aromatic N) is 2. The lowest BCUT2D eigenvalue weighted by molar-refractivity contribution is 0.102. The summed E-state index contributed by atoms with van der Waals surface area (Å²) in [5.74, 6) is -2.45. The van der Waals surface area contributed by atoms with Gasteiger partial charge in [0, 0.05) is 11.8 Å². The Labute approximate surface area is 140 Å². The zero-order valence-corrected chi connectivity index (χ0v) is 12.6. The fraction of sp³-hybridized carbons (Fsp3) is 0. The number of amides is 1. The molecule has 1 aromatic heterocycles. The average Bonchev–Trinajstić information content (AvgIpc) is 2.58. The van der Waals surface area contributed by atoms with Crippen molar-refractivity contribution in [3.05, 3.63) is 78.0 Å². The van der Waals surface area contributed by atoms with E-state index in [9.17, 15) is 18.0 Å². The van der Waals surface area contributed by atoms with Gasteiger partial charge in [-0.15, -0.1) is 0 Å². The van der Waals surface area contributed by atoms with Crippen LogP contribution in [0.1, 0.15) is 10.5 Å². The van der Waals surface area contributed by atoms with E-state index in [1.54, 1.807) is 6.07 Å². The molecule has 5 nitrogen and oxygen atoms in total. The summed E-state index contributed by atoms with van der Waals surface area (Å²) in [5, 5.41) is 5.11. The number of carbonyl (C=O) groups excluding carboxylic acids is 1. The molecule has 0 aliphatic rings. The number of carbonyl (C=O) groups is 1. The van der Waals surface area contributed by atoms with Crippen LogP contribution in [0.5, 0.6) is 0 Å². The molecule has 0 bridgehead atoms. The summed E-state index contributed by atoms with van der Waals surface area (Å²) in [7, 11) is 0. The molecule has 25 heavy (non-hydrogen) atoms. The van der Waals surface area contributed by atoms with Gasteiger partial charge < -0.3 is 10.6 Å². The fourth-order valence-electron chi connectivity index (χ4n) is 2.00. The Morgan fingerprint density at radius 1 is 0.920 bits per heavy atom. The molecule has 2 N–H and O–H groups in total. The first kappa shape index (κ1) is 16.4. The number of nitrogens with one attached hydrogen (secondary N) is 2. The van der Waals surface area contributed by atoms with Crippen molar-refractivity contribution in [2.45, 2.75) is 0 Å². The van der Waals surface area contributed by atoms with E-state index in [4.69, 9.17) is 0 Å². The maximum Gasteiger partial charge on any atom is 0.275 e. The van der Waals surface area contributed by atoms with E-state index < -0.39 is 23.4 Å². The van der Waals surface area contributed by atoms with Crippen molar-refractivity contribution in [1.82, 2.24) is 9.97 Å². The van der Waals surface area contributed by atoms with E-state index in [0.717, 1.165) is 12.1 Å². The van der Waals surface area contributed by atoms with Crippen molar-refractivity contribution in [2.24, 2.45) is 0 Å². The lowest BCUT2D eigenvalue weighted by Gasteiger charge is -2.07. The molecule has 0 saturated carbocycles. The molecule has 0 saturated heterocycles. The SMILES string of the molecule is O=C(Nc1ccc(F)cc1F)c1cnc(Nc2cccc(F)c2)cn1. The van der Waals surface area contributed by atoms with Crippen LogP contribution in [0.3, 0.4) is 0 Å². The highest BCUT2D eigenvalue weighted by molar-refractivity contribution is 6.02. The van der Waals surface area contributed by atoms with Crippen molar-refractivity contribution in [3.8, 4) is 0 Å². The van der Waals surface area contributed by atoms with Gasteiger partial charge in [0.15, 0.2) is 0 Å². The summed E-state index contributed by atoms with van der Waals surface area (Å²) in [5.41, 5.74) is 0.239. The van der Waals surface area contributed by atoms with Crippen molar-refractivity contribution in [2.75, 3.05) is 10.6 Å². The van der Waals surface area contributed by atoms with Crippen LogP contribution >= 0.6 is 0 Å². The van der Waals surface area contributed by atoms with Crippen molar-refractivity contribution >= 4 is 23.1 Å². The summed E-state index contributed by atoms with van der Waals surface area (Å²) in [6, 6.07) is 8.55. The third kappa shape index (κ3) is 4.11. The topological polar surface area (TPSA) is 66.9 Å². The highest BCUT2D eigenvalue weighted by atomic mass is 19.1. The highest BCUT2D eigenvalue weighted by Crippen LogP contribution is 2.17. The van der Waals surface area contributed by atoms with Crippen molar-refractivity contribution in [1.29, 1.82) is 0 Å². The van der Waals surface area contributed by atoms with Crippen LogP contribution in [-0.2, 0) is 0 Å². The summed E-state index contributed by atoms with van der Waals surface area (Å²) >= 11 is 0. The average molecular weight is 344 g/mol. The third-order valence-electron chi connectivity index (χ3n) is 3.16. The van der Waals surface area contributed by atoms with Gasteiger partial charge in [-0.3, -0.25) is 4.79 Å². The molecule has 3 rings (SSSR count). The van der Waals surface area contributed by atoms with Crippen LogP contribution in [0.15, 0.2) is 54.9 Å². The predicted octanol–water partition coefficient (Wildman–Crippen LogP) is 3.89. The van der Waals surface area contributed by atoms with Gasteiger partial charge in [-0.25, -0.2) is 23.1 Å². The Hall–Kier alpha value is -3.42. The van der Waals surface area contributed by atoms with Gasteiger partial charge in [0.1, 0.15) is 29.0 Å². The van der Waals surface area contributed by atoms with Crippen LogP contribution < -0.4 is 10.6 Å². The van der Waals surface area contributed by atoms with Gasteiger partial charge in [-0.1, -0.05) is 6.07 Å². The quantitative estimate of drug-likeness (QED) is 0.753. The molecule has 0 unspecified atom stereocenters. The van der Waals surface area contributed by atoms with Crippen LogP contribution in [0.25, 0.3) is 0 Å². The van der Waals surface area contributed by atoms with Gasteiger partial charge >= 0.3 is 0 Å². The molecule has 1 heterocycles. The van der Waals surface area contributed by atoms with Gasteiger partial charge in [-0.05, 0) is 30.3 Å². The van der Waals surface area contributed by atoms with Crippen LogP contribution in [0.4, 0.5) is 30.4 Å². The molecule has 3 aromatic rings. The smallest absolute Gasteiger partial charge is 0.275 e. The third-order valence-corrected chi connectivity index (χ3v) is 3.16. The standard InChI is InChI=1S/C17H11F3N4O/c18-10-2-1-3-12(6-10)23-16-9-21-15(8-22-16)17(25)24-14-5-4-11(19)7-13(14)20/h1-9H,(H,22,23)(H,24,25). The maximum absolute atomic E-state index is 13.5. The summed E-state index contributed by atoms with van der Waals surface area (Å²) in [4.78, 5) is 19.9. The number of halogens is 3. The first-order valence-electron chi connectivity index (χ1n) is 7.12. The van der Waals surface area contributed by atoms with Gasteiger partial charge in [0.05, 0.1) is 18.1 Å². The van der Waals surface area contributed by atoms with E-state index >= 15 is 0 Å². The zero-order chi connectivity index (χ0) is 17.8. The van der Waals surface area contributed by atoms with E-state index in [1.165, 1.54) is 30.6 Å². The number of anilines is 3. The lowest BCUT2D eigenvalue weighted by Crippen LogP contribution is -2.15. The van der Waals surface area contributed by atoms with Gasteiger partial charge in [0.2, 0.25) is 0 Å². The summed E-state index contributed by atoms with van der Waals surface area (Å²) in [6.45, 7) is 0. The minimum Gasteiger partial charge on any atom is -0.339 e. The summed E-state index contributed by atoms with van der Waals surface area (Å²) in [6.07, 6.45) is 2.46. The van der Waals surface area contributed by atoms with E-state index in [0.29, 0.717) is 17.6 Å². The molecule has 0 spiro atoms. The molecule has 0 aliphatic heterocycles. The largest absolute Gasteiger partial charge is 0.339 e. The monoisotopic (exact) mass is 344 g/mol. The molecule has 1 amide bonds. The number of rotatable bonds is 4. The maximum atomic E-state index is 13.5. The number of aromatic nitrogens is 2. The second kappa shape index (κ2) is 7.00. The lowest BCUT2D eigenvalue weighted by atomic mass is 10.3. The number of hydrogen-bond donors (Lipinski definition) is 2. The minimum atomic E-state index is -0.897. The fourth-order valence-corrected chi connectivity index (χ4v) is 2.00. The second-order valence-corrected chi connectivity index (χ2v) is 5.00. The molecule has 0 fully saturated rings. The molecule has 0 atom stereocenters. The number of hydrogen-bond acceptors (Lipinski definition) is 4. The Kier molecular flexibility index (Phi) is 4.60. The van der Waals surface area contributed by atoms with E-state index in [1.807, 2.05) is 0 Å². The highest BCUT2D eigenvalue weighted by Gasteiger charge is 2.12. The van der Waals surface area contributed by atoms with Crippen LogP contribution in [0.2, 0.25) is 0 Å². The van der Waals surface area contributed by atoms with Crippen molar-refractivity contribution in [3.63, 3.8) is 0 Å². The van der Waals surface area contributed by atoms with E-state index in [-0.39, 0.29) is 11.4 Å². The first-order chi connectivity index (χ1) is 12.0. The van der Waals surface area contributed by atoms with Crippen LogP contribution in [-0.4, -0.2) is 15.9 Å². The Morgan fingerprint density at radius 2 is 1.72 bits per heavy atom. The zero-order valence-electron chi connectivity index (χ0n) is 12.6. The molecule has 0 radical (unpaired) electrons. The Morgan fingerprint density at radius 3 is 2.40 bits per heavy atom. The second-order valence-electron chi connectivity index (χ2n) is 5.00. The molecular formula is C17H11F3N4O. The number of benzene rings is 2. The first-order valence-corrected chi connectivity index (χ1v) is 7.12. The van der Waals surface area contributed by atoms with Crippen molar-refractivity contribution < 1.29 is 18.0 Å². The molecular weight excluding hydrogens is 333 g/mol. The van der Waals surface area contributed by atoms with Crippen LogP contribution in [0, 0.1) is 17.5 Å². The molecule has 8 heteroatoms. The predicted molar refractivity (Wildman–Crippen MR) is 86.0 cm³/mol. The Balaban J connectivity index is 1.70. The normalized spacial score (nSPS) is 10.4. The van der Waals surface area contributed by atoms with Gasteiger partial charge in [0.25, 0.3) is 5.91 Å². The van der Waals surface area contributed by atoms with Gasteiger partial charge in [-0.2, -0.15) is 0 Å². The molecule has 126 valence electrons. The Bertz CT molecular complexity index is 916. The van der Waals surface area contributed by atoms with E-state index in [2.05, 4.69) is 20.6 Å². The molecule has 2 aromatic carbocycles.